The number of halogens is 1. The first-order chi connectivity index (χ1) is 9.70. The van der Waals surface area contributed by atoms with E-state index in [1.165, 1.54) is 0 Å². The quantitative estimate of drug-likeness (QED) is 0.645. The summed E-state index contributed by atoms with van der Waals surface area (Å²) in [4.78, 5) is 19.8. The Morgan fingerprint density at radius 3 is 2.90 bits per heavy atom. The van der Waals surface area contributed by atoms with Crippen LogP contribution < -0.4 is 0 Å². The van der Waals surface area contributed by atoms with Crippen LogP contribution in [0.1, 0.15) is 36.7 Å². The monoisotopic (exact) mass is 293 g/mol. The van der Waals surface area contributed by atoms with Crippen molar-refractivity contribution in [3.63, 3.8) is 0 Å². The molecule has 1 aliphatic heterocycles. The number of fused-ring (bicyclic) bond motifs is 1. The fourth-order valence-electron chi connectivity index (χ4n) is 3.06. The highest BCUT2D eigenvalue weighted by atomic mass is 35.5. The van der Waals surface area contributed by atoms with E-state index in [9.17, 15) is 4.79 Å². The van der Waals surface area contributed by atoms with Crippen molar-refractivity contribution < 1.29 is 9.53 Å². The van der Waals surface area contributed by atoms with Crippen LogP contribution in [-0.2, 0) is 10.3 Å². The molecule has 3 rings (SSSR count). The van der Waals surface area contributed by atoms with Crippen LogP contribution in [0.15, 0.2) is 12.3 Å². The molecule has 2 aromatic rings. The van der Waals surface area contributed by atoms with Gasteiger partial charge in [-0.3, -0.25) is 4.79 Å². The molecule has 20 heavy (non-hydrogen) atoms. The highest BCUT2D eigenvalue weighted by Crippen LogP contribution is 2.37. The SMILES string of the molecule is CCC1(n2c(C=O)cc3cnc(Cl)nc32)CCOCC1. The molecule has 106 valence electrons. The summed E-state index contributed by atoms with van der Waals surface area (Å²) in [7, 11) is 0. The minimum atomic E-state index is -0.131. The Morgan fingerprint density at radius 1 is 1.50 bits per heavy atom. The zero-order valence-electron chi connectivity index (χ0n) is 11.3. The molecule has 0 N–H and O–H groups in total. The Bertz CT molecular complexity index is 647. The lowest BCUT2D eigenvalue weighted by Crippen LogP contribution is -2.40. The van der Waals surface area contributed by atoms with Crippen LogP contribution in [0.5, 0.6) is 0 Å². The summed E-state index contributed by atoms with van der Waals surface area (Å²) in [5.74, 6) is 0. The molecule has 2 aromatic heterocycles. The molecule has 0 aromatic carbocycles. The first-order valence-corrected chi connectivity index (χ1v) is 7.15. The molecule has 0 amide bonds. The van der Waals surface area contributed by atoms with Crippen molar-refractivity contribution in [1.29, 1.82) is 0 Å². The molecular weight excluding hydrogens is 278 g/mol. The van der Waals surface area contributed by atoms with Gasteiger partial charge in [-0.25, -0.2) is 4.98 Å². The maximum Gasteiger partial charge on any atom is 0.224 e. The molecule has 0 unspecified atom stereocenters. The van der Waals surface area contributed by atoms with Gasteiger partial charge >= 0.3 is 0 Å². The lowest BCUT2D eigenvalue weighted by Gasteiger charge is -2.39. The molecule has 6 heteroatoms. The van der Waals surface area contributed by atoms with Gasteiger partial charge in [0, 0.05) is 24.8 Å². The van der Waals surface area contributed by atoms with Gasteiger partial charge in [0.25, 0.3) is 0 Å². The van der Waals surface area contributed by atoms with Gasteiger partial charge in [-0.1, -0.05) is 6.92 Å². The average molecular weight is 294 g/mol. The number of carbonyl (C=O) groups excluding carboxylic acids is 1. The van der Waals surface area contributed by atoms with Gasteiger partial charge in [-0.2, -0.15) is 4.98 Å². The molecule has 0 saturated carbocycles. The second kappa shape index (κ2) is 5.14. The summed E-state index contributed by atoms with van der Waals surface area (Å²) in [5.41, 5.74) is 1.23. The Hall–Kier alpha value is -1.46. The third-order valence-corrected chi connectivity index (χ3v) is 4.40. The van der Waals surface area contributed by atoms with Crippen LogP contribution in [-0.4, -0.2) is 34.0 Å². The van der Waals surface area contributed by atoms with E-state index in [0.717, 1.165) is 36.6 Å². The smallest absolute Gasteiger partial charge is 0.224 e. The molecule has 3 heterocycles. The van der Waals surface area contributed by atoms with Crippen LogP contribution in [0.25, 0.3) is 11.0 Å². The lowest BCUT2D eigenvalue weighted by molar-refractivity contribution is 0.0199. The fourth-order valence-corrected chi connectivity index (χ4v) is 3.19. The second-order valence-electron chi connectivity index (χ2n) is 5.13. The van der Waals surface area contributed by atoms with E-state index in [1.54, 1.807) is 6.20 Å². The number of aldehydes is 1. The molecule has 1 saturated heterocycles. The van der Waals surface area contributed by atoms with E-state index < -0.39 is 0 Å². The number of hydrogen-bond acceptors (Lipinski definition) is 4. The minimum absolute atomic E-state index is 0.131. The predicted molar refractivity (Wildman–Crippen MR) is 76.2 cm³/mol. The van der Waals surface area contributed by atoms with Crippen molar-refractivity contribution in [1.82, 2.24) is 14.5 Å². The molecule has 0 aliphatic carbocycles. The topological polar surface area (TPSA) is 57.0 Å². The number of aromatic nitrogens is 3. The van der Waals surface area contributed by atoms with Gasteiger partial charge < -0.3 is 9.30 Å². The van der Waals surface area contributed by atoms with Gasteiger partial charge in [-0.15, -0.1) is 0 Å². The van der Waals surface area contributed by atoms with Gasteiger partial charge in [0.05, 0.1) is 11.2 Å². The normalized spacial score (nSPS) is 18.3. The van der Waals surface area contributed by atoms with Gasteiger partial charge in [-0.05, 0) is 36.9 Å². The lowest BCUT2D eigenvalue weighted by atomic mass is 9.86. The summed E-state index contributed by atoms with van der Waals surface area (Å²) in [5, 5.41) is 1.04. The van der Waals surface area contributed by atoms with Crippen molar-refractivity contribution in [2.24, 2.45) is 0 Å². The summed E-state index contributed by atoms with van der Waals surface area (Å²) < 4.78 is 7.51. The molecule has 0 radical (unpaired) electrons. The van der Waals surface area contributed by atoms with E-state index in [4.69, 9.17) is 16.3 Å². The standard InChI is InChI=1S/C14H16ClN3O2/c1-2-14(3-5-20-6-4-14)18-11(9-19)7-10-8-16-13(15)17-12(10)18/h7-9H,2-6H2,1H3. The molecule has 5 nitrogen and oxygen atoms in total. The fraction of sp³-hybridized carbons (Fsp3) is 0.500. The Morgan fingerprint density at radius 2 is 2.25 bits per heavy atom. The zero-order valence-corrected chi connectivity index (χ0v) is 12.1. The number of ether oxygens (including phenoxy) is 1. The average Bonchev–Trinajstić information content (AvgIpc) is 2.86. The van der Waals surface area contributed by atoms with E-state index in [2.05, 4.69) is 16.9 Å². The van der Waals surface area contributed by atoms with Crippen molar-refractivity contribution >= 4 is 28.9 Å². The Kier molecular flexibility index (Phi) is 3.48. The van der Waals surface area contributed by atoms with Crippen LogP contribution in [0.3, 0.4) is 0 Å². The number of nitrogens with zero attached hydrogens (tertiary/aromatic N) is 3. The second-order valence-corrected chi connectivity index (χ2v) is 5.47. The first kappa shape index (κ1) is 13.5. The van der Waals surface area contributed by atoms with Crippen LogP contribution >= 0.6 is 11.6 Å². The van der Waals surface area contributed by atoms with Gasteiger partial charge in [0.2, 0.25) is 5.28 Å². The summed E-state index contributed by atoms with van der Waals surface area (Å²) >= 11 is 5.92. The maximum absolute atomic E-state index is 11.4. The van der Waals surface area contributed by atoms with Crippen molar-refractivity contribution in [2.45, 2.75) is 31.7 Å². The van der Waals surface area contributed by atoms with E-state index in [0.29, 0.717) is 18.9 Å². The first-order valence-electron chi connectivity index (χ1n) is 6.77. The zero-order chi connectivity index (χ0) is 14.2. The van der Waals surface area contributed by atoms with Crippen molar-refractivity contribution in [3.05, 3.63) is 23.2 Å². The largest absolute Gasteiger partial charge is 0.381 e. The van der Waals surface area contributed by atoms with Gasteiger partial charge in [0.15, 0.2) is 6.29 Å². The third-order valence-electron chi connectivity index (χ3n) is 4.22. The van der Waals surface area contributed by atoms with E-state index in [-0.39, 0.29) is 10.8 Å². The molecule has 0 bridgehead atoms. The Balaban J connectivity index is 2.26. The van der Waals surface area contributed by atoms with Crippen LogP contribution in [0.2, 0.25) is 5.28 Å². The minimum Gasteiger partial charge on any atom is -0.381 e. The highest BCUT2D eigenvalue weighted by Gasteiger charge is 2.35. The highest BCUT2D eigenvalue weighted by molar-refractivity contribution is 6.28. The molecule has 0 atom stereocenters. The Labute approximate surface area is 121 Å². The van der Waals surface area contributed by atoms with Gasteiger partial charge in [0.1, 0.15) is 5.65 Å². The summed E-state index contributed by atoms with van der Waals surface area (Å²) in [6.07, 6.45) is 5.20. The van der Waals surface area contributed by atoms with E-state index in [1.807, 2.05) is 10.6 Å². The molecule has 1 aliphatic rings. The summed E-state index contributed by atoms with van der Waals surface area (Å²) in [6.45, 7) is 3.53. The maximum atomic E-state index is 11.4. The van der Waals surface area contributed by atoms with Crippen molar-refractivity contribution in [2.75, 3.05) is 13.2 Å². The van der Waals surface area contributed by atoms with Crippen LogP contribution in [0, 0.1) is 0 Å². The van der Waals surface area contributed by atoms with Crippen molar-refractivity contribution in [3.8, 4) is 0 Å². The third kappa shape index (κ3) is 2.01. The van der Waals surface area contributed by atoms with E-state index >= 15 is 0 Å². The number of carbonyl (C=O) groups is 1. The molecule has 0 spiro atoms. The molecule has 1 fully saturated rings. The van der Waals surface area contributed by atoms with Crippen LogP contribution in [0.4, 0.5) is 0 Å². The number of rotatable bonds is 3. The molecular formula is C14H16ClN3O2. The number of hydrogen-bond donors (Lipinski definition) is 0. The summed E-state index contributed by atoms with van der Waals surface area (Å²) in [6, 6.07) is 1.82. The predicted octanol–water partition coefficient (Wildman–Crippen LogP) is 2.81.